The monoisotopic (exact) mass is 276 g/mol. The maximum atomic E-state index is 2.47. The van der Waals surface area contributed by atoms with Gasteiger partial charge in [-0.25, -0.2) is 0 Å². The van der Waals surface area contributed by atoms with Crippen LogP contribution < -0.4 is 0 Å². The van der Waals surface area contributed by atoms with Gasteiger partial charge in [0.2, 0.25) is 0 Å². The maximum Gasteiger partial charge on any atom is 0.0589 e. The highest BCUT2D eigenvalue weighted by Crippen LogP contribution is 2.19. The molecule has 0 spiro atoms. The molecule has 0 saturated carbocycles. The molecule has 2 rings (SSSR count). The van der Waals surface area contributed by atoms with Crippen LogP contribution in [0.1, 0.15) is 12.8 Å². The Morgan fingerprint density at radius 3 is 2.58 bits per heavy atom. The van der Waals surface area contributed by atoms with E-state index in [0.29, 0.717) is 0 Å². The molecule has 0 atom stereocenters. The van der Waals surface area contributed by atoms with Crippen molar-refractivity contribution in [2.45, 2.75) is 12.8 Å². The molecule has 1 saturated heterocycles. The van der Waals surface area contributed by atoms with E-state index < -0.39 is 0 Å². The van der Waals surface area contributed by atoms with Gasteiger partial charge in [-0.3, -0.25) is 0 Å². The fourth-order valence-corrected chi connectivity index (χ4v) is 2.03. The van der Waals surface area contributed by atoms with Crippen LogP contribution in [0.15, 0.2) is 24.0 Å². The summed E-state index contributed by atoms with van der Waals surface area (Å²) in [5.41, 5.74) is 1.42. The molecule has 3 heteroatoms. The molecule has 0 aromatic heterocycles. The van der Waals surface area contributed by atoms with Crippen LogP contribution in [0.5, 0.6) is 0 Å². The van der Waals surface area contributed by atoms with Gasteiger partial charge in [0.25, 0.3) is 0 Å². The van der Waals surface area contributed by atoms with Crippen molar-refractivity contribution in [1.82, 2.24) is 8.01 Å². The van der Waals surface area contributed by atoms with E-state index in [9.17, 15) is 0 Å². The van der Waals surface area contributed by atoms with Crippen molar-refractivity contribution in [3.05, 3.63) is 24.0 Å². The second kappa shape index (κ2) is 3.68. The first-order chi connectivity index (χ1) is 5.86. The molecule has 2 aliphatic rings. The van der Waals surface area contributed by atoms with E-state index in [4.69, 9.17) is 0 Å². The molecular formula is C9H13IN2. The minimum Gasteiger partial charge on any atom is -0.372 e. The predicted octanol–water partition coefficient (Wildman–Crippen LogP) is 2.15. The summed E-state index contributed by atoms with van der Waals surface area (Å²) in [6.45, 7) is 3.54. The van der Waals surface area contributed by atoms with Crippen molar-refractivity contribution in [1.29, 1.82) is 0 Å². The second-order valence-electron chi connectivity index (χ2n) is 3.22. The van der Waals surface area contributed by atoms with E-state index in [2.05, 4.69) is 49.2 Å². The van der Waals surface area contributed by atoms with Crippen molar-refractivity contribution < 1.29 is 0 Å². The number of rotatable bonds is 1. The molecule has 66 valence electrons. The van der Waals surface area contributed by atoms with Gasteiger partial charge in [0, 0.05) is 31.5 Å². The topological polar surface area (TPSA) is 6.48 Å². The van der Waals surface area contributed by atoms with Gasteiger partial charge in [-0.2, -0.15) is 0 Å². The van der Waals surface area contributed by atoms with Gasteiger partial charge in [-0.05, 0) is 25.0 Å². The van der Waals surface area contributed by atoms with Gasteiger partial charge in [0.1, 0.15) is 0 Å². The Hall–Kier alpha value is -0.190. The van der Waals surface area contributed by atoms with Gasteiger partial charge in [0.15, 0.2) is 0 Å². The highest BCUT2D eigenvalue weighted by molar-refractivity contribution is 14.1. The van der Waals surface area contributed by atoms with Crippen molar-refractivity contribution in [3.63, 3.8) is 0 Å². The van der Waals surface area contributed by atoms with Crippen LogP contribution in [0.2, 0.25) is 0 Å². The Labute approximate surface area is 87.4 Å². The van der Waals surface area contributed by atoms with Crippen LogP contribution in [0.4, 0.5) is 0 Å². The standard InChI is InChI=1S/C9H13IN2/c10-12-7-3-9(4-8-12)11-5-1-2-6-11/h3-4,7H,1-2,5-6,8H2. The van der Waals surface area contributed by atoms with E-state index in [0.717, 1.165) is 6.54 Å². The van der Waals surface area contributed by atoms with Crippen molar-refractivity contribution in [2.75, 3.05) is 19.6 Å². The third-order valence-corrected chi connectivity index (χ3v) is 3.07. The Morgan fingerprint density at radius 2 is 2.00 bits per heavy atom. The second-order valence-corrected chi connectivity index (χ2v) is 4.46. The first-order valence-corrected chi connectivity index (χ1v) is 5.38. The Balaban J connectivity index is 2.00. The third-order valence-electron chi connectivity index (χ3n) is 2.35. The average molecular weight is 276 g/mol. The van der Waals surface area contributed by atoms with E-state index in [1.807, 2.05) is 0 Å². The van der Waals surface area contributed by atoms with E-state index in [-0.39, 0.29) is 0 Å². The molecule has 0 aliphatic carbocycles. The summed E-state index contributed by atoms with van der Waals surface area (Å²) in [7, 11) is 0. The third kappa shape index (κ3) is 1.76. The highest BCUT2D eigenvalue weighted by atomic mass is 127. The lowest BCUT2D eigenvalue weighted by Gasteiger charge is -2.23. The van der Waals surface area contributed by atoms with Gasteiger partial charge >= 0.3 is 0 Å². The molecule has 0 aromatic carbocycles. The lowest BCUT2D eigenvalue weighted by atomic mass is 10.3. The molecule has 0 unspecified atom stereocenters. The molecule has 0 bridgehead atoms. The number of hydrogen-bond acceptors (Lipinski definition) is 2. The van der Waals surface area contributed by atoms with E-state index >= 15 is 0 Å². The van der Waals surface area contributed by atoms with E-state index in [1.165, 1.54) is 31.6 Å². The Bertz CT molecular complexity index is 217. The van der Waals surface area contributed by atoms with E-state index in [1.54, 1.807) is 0 Å². The Kier molecular flexibility index (Phi) is 2.58. The summed E-state index contributed by atoms with van der Waals surface area (Å²) < 4.78 is 2.16. The average Bonchev–Trinajstić information content (AvgIpc) is 2.58. The van der Waals surface area contributed by atoms with Crippen molar-refractivity contribution >= 4 is 22.9 Å². The first-order valence-electron chi connectivity index (χ1n) is 4.42. The first kappa shape index (κ1) is 8.41. The lowest BCUT2D eigenvalue weighted by Crippen LogP contribution is -2.21. The smallest absolute Gasteiger partial charge is 0.0589 e. The van der Waals surface area contributed by atoms with Crippen LogP contribution >= 0.6 is 22.9 Å². The molecule has 2 nitrogen and oxygen atoms in total. The summed E-state index contributed by atoms with van der Waals surface area (Å²) in [6.07, 6.45) is 9.38. The normalized spacial score (nSPS) is 23.2. The van der Waals surface area contributed by atoms with Crippen molar-refractivity contribution in [2.24, 2.45) is 0 Å². The lowest BCUT2D eigenvalue weighted by molar-refractivity contribution is 0.433. The molecule has 0 aromatic rings. The zero-order valence-corrected chi connectivity index (χ0v) is 9.20. The van der Waals surface area contributed by atoms with Crippen LogP contribution in [0, 0.1) is 0 Å². The minimum absolute atomic E-state index is 1.04. The van der Waals surface area contributed by atoms with Gasteiger partial charge in [0.05, 0.1) is 22.9 Å². The summed E-state index contributed by atoms with van der Waals surface area (Å²) >= 11 is 2.31. The van der Waals surface area contributed by atoms with Gasteiger partial charge in [-0.15, -0.1) is 0 Å². The summed E-state index contributed by atoms with van der Waals surface area (Å²) in [5.74, 6) is 0. The molecule has 2 heterocycles. The Morgan fingerprint density at radius 1 is 1.25 bits per heavy atom. The molecule has 12 heavy (non-hydrogen) atoms. The molecule has 0 amide bonds. The zero-order valence-electron chi connectivity index (χ0n) is 7.04. The largest absolute Gasteiger partial charge is 0.372 e. The van der Waals surface area contributed by atoms with Crippen LogP contribution in [-0.2, 0) is 0 Å². The van der Waals surface area contributed by atoms with Gasteiger partial charge < -0.3 is 8.01 Å². The summed E-state index contributed by atoms with van der Waals surface area (Å²) in [4.78, 5) is 2.47. The maximum absolute atomic E-state index is 2.47. The van der Waals surface area contributed by atoms with Crippen LogP contribution in [-0.4, -0.2) is 27.6 Å². The van der Waals surface area contributed by atoms with Crippen LogP contribution in [0.25, 0.3) is 0 Å². The summed E-state index contributed by atoms with van der Waals surface area (Å²) in [5, 5.41) is 0. The van der Waals surface area contributed by atoms with Crippen LogP contribution in [0.3, 0.4) is 0 Å². The minimum atomic E-state index is 1.04. The number of halogens is 1. The number of likely N-dealkylation sites (tertiary alicyclic amines) is 1. The fraction of sp³-hybridized carbons (Fsp3) is 0.556. The number of hydrogen-bond donors (Lipinski definition) is 0. The van der Waals surface area contributed by atoms with Crippen molar-refractivity contribution in [3.8, 4) is 0 Å². The zero-order chi connectivity index (χ0) is 8.39. The fourth-order valence-electron chi connectivity index (χ4n) is 1.68. The molecule has 2 aliphatic heterocycles. The molecule has 0 radical (unpaired) electrons. The predicted molar refractivity (Wildman–Crippen MR) is 58.8 cm³/mol. The number of nitrogens with zero attached hydrogens (tertiary/aromatic N) is 2. The molecule has 1 fully saturated rings. The van der Waals surface area contributed by atoms with Gasteiger partial charge in [-0.1, -0.05) is 0 Å². The SMILES string of the molecule is IN1C=CC(N2CCCC2)=CC1. The molecule has 0 N–H and O–H groups in total. The number of allylic oxidation sites excluding steroid dienone is 1. The highest BCUT2D eigenvalue weighted by Gasteiger charge is 2.14. The quantitative estimate of drug-likeness (QED) is 0.535. The summed E-state index contributed by atoms with van der Waals surface area (Å²) in [6, 6.07) is 0. The molecular weight excluding hydrogens is 263 g/mol.